The fourth-order valence-corrected chi connectivity index (χ4v) is 3.08. The van der Waals surface area contributed by atoms with Crippen LogP contribution in [-0.4, -0.2) is 23.9 Å². The lowest BCUT2D eigenvalue weighted by molar-refractivity contribution is -0.131. The van der Waals surface area contributed by atoms with Gasteiger partial charge in [0.05, 0.1) is 10.3 Å². The number of rotatable bonds is 7. The van der Waals surface area contributed by atoms with E-state index in [-0.39, 0.29) is 5.91 Å². The monoisotopic (exact) mass is 318 g/mol. The van der Waals surface area contributed by atoms with Crippen LogP contribution in [0, 0.1) is 0 Å². The molecule has 0 saturated carbocycles. The smallest absolute Gasteiger partial charge is 0.222 e. The van der Waals surface area contributed by atoms with Crippen LogP contribution < -0.4 is 5.73 Å². The van der Waals surface area contributed by atoms with Crippen molar-refractivity contribution in [3.8, 4) is 0 Å². The molecule has 0 aliphatic carbocycles. The molecule has 1 aromatic heterocycles. The van der Waals surface area contributed by atoms with Crippen LogP contribution in [0.5, 0.6) is 0 Å². The summed E-state index contributed by atoms with van der Waals surface area (Å²) in [5.41, 5.74) is 5.42. The van der Waals surface area contributed by atoms with Crippen molar-refractivity contribution in [1.29, 1.82) is 0 Å². The molecule has 3 nitrogen and oxygen atoms in total. The highest BCUT2D eigenvalue weighted by Gasteiger charge is 2.12. The van der Waals surface area contributed by atoms with E-state index >= 15 is 0 Å². The molecule has 1 aromatic rings. The molecule has 5 heteroatoms. The summed E-state index contributed by atoms with van der Waals surface area (Å²) in [4.78, 5) is 15.0. The van der Waals surface area contributed by atoms with Crippen molar-refractivity contribution in [3.05, 3.63) is 20.8 Å². The van der Waals surface area contributed by atoms with Gasteiger partial charge in [-0.25, -0.2) is 0 Å². The molecule has 0 aliphatic heterocycles. The molecule has 0 radical (unpaired) electrons. The molecule has 0 spiro atoms. The Morgan fingerprint density at radius 3 is 2.76 bits per heavy atom. The van der Waals surface area contributed by atoms with Gasteiger partial charge in [0, 0.05) is 17.8 Å². The molecular formula is C12H19BrN2OS. The van der Waals surface area contributed by atoms with Gasteiger partial charge >= 0.3 is 0 Å². The zero-order chi connectivity index (χ0) is 12.7. The van der Waals surface area contributed by atoms with E-state index in [1.54, 1.807) is 11.3 Å². The number of halogens is 1. The zero-order valence-electron chi connectivity index (χ0n) is 10.1. The first-order chi connectivity index (χ1) is 8.17. The summed E-state index contributed by atoms with van der Waals surface area (Å²) in [5, 5.41) is 0. The van der Waals surface area contributed by atoms with E-state index in [0.29, 0.717) is 19.5 Å². The Labute approximate surface area is 115 Å². The normalized spacial score (nSPS) is 10.5. The molecule has 17 heavy (non-hydrogen) atoms. The highest BCUT2D eigenvalue weighted by Crippen LogP contribution is 2.23. The van der Waals surface area contributed by atoms with Crippen LogP contribution in [0.15, 0.2) is 15.9 Å². The summed E-state index contributed by atoms with van der Waals surface area (Å²) in [5.74, 6) is 0.227. The highest BCUT2D eigenvalue weighted by molar-refractivity contribution is 9.11. The Morgan fingerprint density at radius 1 is 1.47 bits per heavy atom. The lowest BCUT2D eigenvalue weighted by Gasteiger charge is -2.20. The number of unbranched alkanes of at least 4 members (excludes halogenated alkanes) is 1. The van der Waals surface area contributed by atoms with E-state index in [2.05, 4.69) is 22.0 Å². The van der Waals surface area contributed by atoms with Crippen molar-refractivity contribution in [2.75, 3.05) is 13.1 Å². The third-order valence-electron chi connectivity index (χ3n) is 2.55. The molecule has 1 amide bonds. The van der Waals surface area contributed by atoms with E-state index in [4.69, 9.17) is 5.73 Å². The minimum atomic E-state index is 0.227. The quantitative estimate of drug-likeness (QED) is 0.785. The molecule has 96 valence electrons. The molecule has 0 bridgehead atoms. The first-order valence-corrected chi connectivity index (χ1v) is 7.50. The Morgan fingerprint density at radius 2 is 2.24 bits per heavy atom. The minimum absolute atomic E-state index is 0.227. The number of nitrogens with zero attached hydrogens (tertiary/aromatic N) is 1. The fourth-order valence-electron chi connectivity index (χ4n) is 1.58. The second kappa shape index (κ2) is 7.84. The van der Waals surface area contributed by atoms with Gasteiger partial charge in [-0.3, -0.25) is 4.79 Å². The van der Waals surface area contributed by atoms with Gasteiger partial charge in [-0.2, -0.15) is 0 Å². The van der Waals surface area contributed by atoms with Crippen molar-refractivity contribution < 1.29 is 4.79 Å². The predicted octanol–water partition coefficient (Wildman–Crippen LogP) is 2.99. The summed E-state index contributed by atoms with van der Waals surface area (Å²) in [7, 11) is 0. The van der Waals surface area contributed by atoms with Crippen molar-refractivity contribution in [1.82, 2.24) is 4.90 Å². The largest absolute Gasteiger partial charge is 0.338 e. The van der Waals surface area contributed by atoms with Crippen LogP contribution in [0.25, 0.3) is 0 Å². The van der Waals surface area contributed by atoms with Gasteiger partial charge in [0.25, 0.3) is 0 Å². The molecule has 1 heterocycles. The standard InChI is InChI=1S/C12H19BrN2OS/c1-2-15(12(16)5-3-4-8-14)9-10-6-7-11(13)17-10/h6-7H,2-5,8-9,14H2,1H3. The van der Waals surface area contributed by atoms with Crippen LogP contribution in [0.2, 0.25) is 0 Å². The predicted molar refractivity (Wildman–Crippen MR) is 76.0 cm³/mol. The van der Waals surface area contributed by atoms with E-state index < -0.39 is 0 Å². The molecule has 0 aliphatic rings. The Hall–Kier alpha value is -0.390. The van der Waals surface area contributed by atoms with Crippen molar-refractivity contribution in [2.45, 2.75) is 32.7 Å². The molecule has 0 atom stereocenters. The maximum atomic E-state index is 11.9. The van der Waals surface area contributed by atoms with Gasteiger partial charge in [0.15, 0.2) is 0 Å². The molecule has 0 unspecified atom stereocenters. The Bertz CT molecular complexity index is 354. The molecule has 1 rings (SSSR count). The second-order valence-corrected chi connectivity index (χ2v) is 6.41. The Kier molecular flexibility index (Phi) is 6.77. The maximum absolute atomic E-state index is 11.9. The van der Waals surface area contributed by atoms with Crippen LogP contribution in [0.4, 0.5) is 0 Å². The number of thiophene rings is 1. The average molecular weight is 319 g/mol. The zero-order valence-corrected chi connectivity index (χ0v) is 12.5. The number of carbonyl (C=O) groups is 1. The second-order valence-electron chi connectivity index (χ2n) is 3.86. The van der Waals surface area contributed by atoms with Gasteiger partial charge in [-0.05, 0) is 54.4 Å². The molecule has 0 aromatic carbocycles. The number of nitrogens with two attached hydrogens (primary N) is 1. The maximum Gasteiger partial charge on any atom is 0.222 e. The van der Waals surface area contributed by atoms with Crippen LogP contribution >= 0.6 is 27.3 Å². The summed E-state index contributed by atoms with van der Waals surface area (Å²) < 4.78 is 1.11. The van der Waals surface area contributed by atoms with Crippen LogP contribution in [-0.2, 0) is 11.3 Å². The van der Waals surface area contributed by atoms with E-state index in [1.807, 2.05) is 17.9 Å². The lowest BCUT2D eigenvalue weighted by atomic mass is 10.2. The van der Waals surface area contributed by atoms with Crippen LogP contribution in [0.1, 0.15) is 31.1 Å². The topological polar surface area (TPSA) is 46.3 Å². The van der Waals surface area contributed by atoms with Crippen molar-refractivity contribution in [3.63, 3.8) is 0 Å². The molecule has 2 N–H and O–H groups in total. The third-order valence-corrected chi connectivity index (χ3v) is 4.16. The fraction of sp³-hybridized carbons (Fsp3) is 0.583. The van der Waals surface area contributed by atoms with Crippen molar-refractivity contribution in [2.24, 2.45) is 5.73 Å². The number of hydrogen-bond acceptors (Lipinski definition) is 3. The summed E-state index contributed by atoms with van der Waals surface area (Å²) in [6.45, 7) is 4.16. The van der Waals surface area contributed by atoms with Gasteiger partial charge in [-0.15, -0.1) is 11.3 Å². The van der Waals surface area contributed by atoms with Gasteiger partial charge in [0.2, 0.25) is 5.91 Å². The summed E-state index contributed by atoms with van der Waals surface area (Å²) >= 11 is 5.11. The molecule has 0 fully saturated rings. The lowest BCUT2D eigenvalue weighted by Crippen LogP contribution is -2.29. The van der Waals surface area contributed by atoms with E-state index in [0.717, 1.165) is 23.2 Å². The highest BCUT2D eigenvalue weighted by atomic mass is 79.9. The number of hydrogen-bond donors (Lipinski definition) is 1. The van der Waals surface area contributed by atoms with Crippen LogP contribution in [0.3, 0.4) is 0 Å². The van der Waals surface area contributed by atoms with Crippen molar-refractivity contribution >= 4 is 33.2 Å². The summed E-state index contributed by atoms with van der Waals surface area (Å²) in [6, 6.07) is 4.08. The molecular weight excluding hydrogens is 300 g/mol. The number of amides is 1. The summed E-state index contributed by atoms with van der Waals surface area (Å²) in [6.07, 6.45) is 2.42. The first-order valence-electron chi connectivity index (χ1n) is 5.89. The molecule has 0 saturated heterocycles. The van der Waals surface area contributed by atoms with Gasteiger partial charge in [-0.1, -0.05) is 0 Å². The van der Waals surface area contributed by atoms with E-state index in [9.17, 15) is 4.79 Å². The SMILES string of the molecule is CCN(Cc1ccc(Br)s1)C(=O)CCCCN. The van der Waals surface area contributed by atoms with E-state index in [1.165, 1.54) is 4.88 Å². The number of carbonyl (C=O) groups excluding carboxylic acids is 1. The van der Waals surface area contributed by atoms with Gasteiger partial charge < -0.3 is 10.6 Å². The minimum Gasteiger partial charge on any atom is -0.338 e. The Balaban J connectivity index is 2.44. The first kappa shape index (κ1) is 14.7. The van der Waals surface area contributed by atoms with Gasteiger partial charge in [0.1, 0.15) is 0 Å². The average Bonchev–Trinajstić information content (AvgIpc) is 2.72. The third kappa shape index (κ3) is 5.19.